The first-order chi connectivity index (χ1) is 19.4. The maximum atomic E-state index is 13.3. The van der Waals surface area contributed by atoms with E-state index in [0.717, 1.165) is 36.2 Å². The zero-order chi connectivity index (χ0) is 28.2. The van der Waals surface area contributed by atoms with Gasteiger partial charge < -0.3 is 23.8 Å². The molecule has 0 saturated carbocycles. The van der Waals surface area contributed by atoms with Gasteiger partial charge in [-0.25, -0.2) is 9.78 Å². The third-order valence-corrected chi connectivity index (χ3v) is 6.82. The number of hydrogen-bond acceptors (Lipinski definition) is 9. The molecule has 1 saturated heterocycles. The van der Waals surface area contributed by atoms with Crippen molar-refractivity contribution in [3.05, 3.63) is 76.2 Å². The molecule has 1 aliphatic rings. The van der Waals surface area contributed by atoms with E-state index in [4.69, 9.17) is 9.47 Å². The molecule has 0 N–H and O–H groups in total. The minimum Gasteiger partial charge on any atom is -0.462 e. The van der Waals surface area contributed by atoms with Gasteiger partial charge >= 0.3 is 17.5 Å². The van der Waals surface area contributed by atoms with Crippen LogP contribution in [0.4, 0.5) is 11.5 Å². The lowest BCUT2D eigenvalue weighted by Gasteiger charge is -2.27. The quantitative estimate of drug-likeness (QED) is 0.156. The Balaban J connectivity index is 1.65. The van der Waals surface area contributed by atoms with Gasteiger partial charge in [0.2, 0.25) is 5.82 Å². The van der Waals surface area contributed by atoms with Crippen LogP contribution in [-0.2, 0) is 11.3 Å². The molecule has 5 rings (SSSR count). The third-order valence-electron chi connectivity index (χ3n) is 6.82. The molecule has 11 nitrogen and oxygen atoms in total. The van der Waals surface area contributed by atoms with Gasteiger partial charge in [-0.05, 0) is 70.6 Å². The number of esters is 1. The average molecular weight is 545 g/mol. The van der Waals surface area contributed by atoms with Gasteiger partial charge in [-0.15, -0.1) is 0 Å². The Morgan fingerprint density at radius 2 is 1.82 bits per heavy atom. The van der Waals surface area contributed by atoms with Crippen LogP contribution < -0.4 is 9.64 Å². The number of benzene rings is 2. The smallest absolute Gasteiger partial charge is 0.373 e. The van der Waals surface area contributed by atoms with E-state index in [-0.39, 0.29) is 24.0 Å². The highest BCUT2D eigenvalue weighted by Crippen LogP contribution is 2.39. The molecule has 0 amide bonds. The summed E-state index contributed by atoms with van der Waals surface area (Å²) in [6.07, 6.45) is 4.26. The number of anilines is 1. The van der Waals surface area contributed by atoms with Gasteiger partial charge in [0.05, 0.1) is 28.3 Å². The first-order valence-corrected chi connectivity index (χ1v) is 13.4. The number of nitrogens with zero attached hydrogens (tertiary/aromatic N) is 6. The van der Waals surface area contributed by atoms with Gasteiger partial charge in [-0.1, -0.05) is 18.2 Å². The van der Waals surface area contributed by atoms with Crippen molar-refractivity contribution in [2.24, 2.45) is 0 Å². The van der Waals surface area contributed by atoms with E-state index in [1.165, 1.54) is 6.33 Å². The molecule has 1 aliphatic heterocycles. The number of fused-ring (bicyclic) bond motifs is 1. The largest absolute Gasteiger partial charge is 0.462 e. The molecule has 40 heavy (non-hydrogen) atoms. The molecule has 0 bridgehead atoms. The molecule has 11 heteroatoms. The first kappa shape index (κ1) is 27.1. The number of nitro groups is 1. The average Bonchev–Trinajstić information content (AvgIpc) is 3.26. The van der Waals surface area contributed by atoms with Crippen molar-refractivity contribution >= 4 is 28.4 Å². The number of aromatic nitrogens is 3. The summed E-state index contributed by atoms with van der Waals surface area (Å²) in [4.78, 5) is 37.2. The van der Waals surface area contributed by atoms with Crippen LogP contribution in [0.3, 0.4) is 0 Å². The second kappa shape index (κ2) is 11.7. The van der Waals surface area contributed by atoms with Crippen molar-refractivity contribution in [2.75, 3.05) is 38.7 Å². The molecular weight excluding hydrogens is 512 g/mol. The molecule has 0 aliphatic carbocycles. The first-order valence-electron chi connectivity index (χ1n) is 13.4. The summed E-state index contributed by atoms with van der Waals surface area (Å²) < 4.78 is 13.6. The Labute approximate surface area is 232 Å². The van der Waals surface area contributed by atoms with Crippen molar-refractivity contribution in [3.63, 3.8) is 0 Å². The van der Waals surface area contributed by atoms with Gasteiger partial charge in [0, 0.05) is 30.7 Å². The van der Waals surface area contributed by atoms with Crippen LogP contribution in [0, 0.1) is 10.1 Å². The lowest BCUT2D eigenvalue weighted by atomic mass is 10.1. The molecule has 208 valence electrons. The number of rotatable bonds is 9. The molecule has 0 unspecified atom stereocenters. The van der Waals surface area contributed by atoms with E-state index in [9.17, 15) is 14.9 Å². The van der Waals surface area contributed by atoms with Crippen molar-refractivity contribution in [1.29, 1.82) is 0 Å². The molecule has 2 aromatic carbocycles. The van der Waals surface area contributed by atoms with Crippen LogP contribution in [-0.4, -0.2) is 64.1 Å². The summed E-state index contributed by atoms with van der Waals surface area (Å²) in [7, 11) is 3.87. The second-order valence-electron chi connectivity index (χ2n) is 9.89. The number of hydrogen-bond donors (Lipinski definition) is 0. The van der Waals surface area contributed by atoms with Crippen LogP contribution in [0.1, 0.15) is 42.2 Å². The Bertz CT molecular complexity index is 1530. The summed E-state index contributed by atoms with van der Waals surface area (Å²) in [6.45, 7) is 3.84. The maximum Gasteiger partial charge on any atom is 0.373 e. The lowest BCUT2D eigenvalue weighted by Crippen LogP contribution is -2.30. The molecule has 3 heterocycles. The van der Waals surface area contributed by atoms with Crippen molar-refractivity contribution in [2.45, 2.75) is 32.7 Å². The number of para-hydroxylation sites is 1. The van der Waals surface area contributed by atoms with E-state index in [1.54, 1.807) is 19.1 Å². The highest BCUT2D eigenvalue weighted by molar-refractivity contribution is 6.07. The molecule has 0 spiro atoms. The number of carbonyl (C=O) groups excluding carboxylic acids is 1. The molecule has 0 atom stereocenters. The Kier molecular flexibility index (Phi) is 7.92. The fourth-order valence-corrected chi connectivity index (χ4v) is 5.18. The normalized spacial score (nSPS) is 13.6. The standard InChI is InChI=1S/C29H32N6O5/c1-4-39-29(36)25-22-17-21(13-14-23(22)34(24(25)18-32(2)3)20-11-7-5-8-12-20)40-28-26(35(37)38)27(30-19-31-28)33-15-9-6-10-16-33/h5,7-8,11-14,17,19H,4,6,9-10,15-16,18H2,1-3H3. The SMILES string of the molecule is CCOC(=O)c1c(CN(C)C)n(-c2ccccc2)c2ccc(Oc3ncnc(N4CCCCC4)c3[N+](=O)[O-])cc12. The summed E-state index contributed by atoms with van der Waals surface area (Å²) in [5.74, 6) is -0.0252. The number of piperidine rings is 1. The number of carbonyl (C=O) groups is 1. The summed E-state index contributed by atoms with van der Waals surface area (Å²) in [5, 5.41) is 12.8. The van der Waals surface area contributed by atoms with Crippen LogP contribution in [0.25, 0.3) is 16.6 Å². The van der Waals surface area contributed by atoms with Crippen LogP contribution in [0.2, 0.25) is 0 Å². The van der Waals surface area contributed by atoms with Crippen molar-refractivity contribution in [3.8, 4) is 17.3 Å². The Morgan fingerprint density at radius 3 is 2.50 bits per heavy atom. The Hall–Kier alpha value is -4.51. The molecular formula is C29H32N6O5. The number of ether oxygens (including phenoxy) is 2. The predicted molar refractivity (Wildman–Crippen MR) is 151 cm³/mol. The highest BCUT2D eigenvalue weighted by Gasteiger charge is 2.30. The van der Waals surface area contributed by atoms with Gasteiger partial charge in [0.15, 0.2) is 0 Å². The fraction of sp³-hybridized carbons (Fsp3) is 0.345. The van der Waals surface area contributed by atoms with Gasteiger partial charge in [0.1, 0.15) is 12.1 Å². The zero-order valence-corrected chi connectivity index (χ0v) is 22.9. The van der Waals surface area contributed by atoms with Crippen molar-refractivity contribution < 1.29 is 19.2 Å². The fourth-order valence-electron chi connectivity index (χ4n) is 5.18. The van der Waals surface area contributed by atoms with Gasteiger partial charge in [0.25, 0.3) is 0 Å². The van der Waals surface area contributed by atoms with E-state index in [0.29, 0.717) is 36.3 Å². The minimum atomic E-state index is -0.497. The van der Waals surface area contributed by atoms with E-state index < -0.39 is 10.9 Å². The second-order valence-corrected chi connectivity index (χ2v) is 9.89. The van der Waals surface area contributed by atoms with E-state index in [1.807, 2.05) is 64.9 Å². The van der Waals surface area contributed by atoms with Crippen LogP contribution in [0.15, 0.2) is 54.9 Å². The molecule has 4 aromatic rings. The van der Waals surface area contributed by atoms with Gasteiger partial charge in [-0.3, -0.25) is 10.1 Å². The predicted octanol–water partition coefficient (Wildman–Crippen LogP) is 5.35. The summed E-state index contributed by atoms with van der Waals surface area (Å²) in [6, 6.07) is 15.1. The Morgan fingerprint density at radius 1 is 1.07 bits per heavy atom. The van der Waals surface area contributed by atoms with Crippen LogP contribution in [0.5, 0.6) is 11.6 Å². The third kappa shape index (κ3) is 5.32. The van der Waals surface area contributed by atoms with Gasteiger partial charge in [-0.2, -0.15) is 4.98 Å². The topological polar surface area (TPSA) is 116 Å². The molecule has 2 aromatic heterocycles. The lowest BCUT2D eigenvalue weighted by molar-refractivity contribution is -0.385. The van der Waals surface area contributed by atoms with E-state index in [2.05, 4.69) is 9.97 Å². The van der Waals surface area contributed by atoms with E-state index >= 15 is 0 Å². The summed E-state index contributed by atoms with van der Waals surface area (Å²) >= 11 is 0. The van der Waals surface area contributed by atoms with Crippen molar-refractivity contribution in [1.82, 2.24) is 19.4 Å². The maximum absolute atomic E-state index is 13.3. The zero-order valence-electron chi connectivity index (χ0n) is 22.9. The molecule has 1 fully saturated rings. The monoisotopic (exact) mass is 544 g/mol. The minimum absolute atomic E-state index is 0.145. The summed E-state index contributed by atoms with van der Waals surface area (Å²) in [5.41, 5.74) is 2.59. The van der Waals surface area contributed by atoms with Crippen LogP contribution >= 0.6 is 0 Å². The molecule has 0 radical (unpaired) electrons. The highest BCUT2D eigenvalue weighted by atomic mass is 16.6.